The first-order valence-electron chi connectivity index (χ1n) is 10.4. The van der Waals surface area contributed by atoms with E-state index in [1.807, 2.05) is 37.3 Å². The third-order valence-corrected chi connectivity index (χ3v) is 5.20. The first kappa shape index (κ1) is 21.6. The van der Waals surface area contributed by atoms with E-state index in [0.29, 0.717) is 11.3 Å². The largest absolute Gasteiger partial charge is 0.457 e. The van der Waals surface area contributed by atoms with Crippen molar-refractivity contribution >= 4 is 23.5 Å². The van der Waals surface area contributed by atoms with Crippen molar-refractivity contribution in [3.05, 3.63) is 65.7 Å². The Morgan fingerprint density at radius 1 is 1.03 bits per heavy atom. The van der Waals surface area contributed by atoms with E-state index < -0.39 is 5.97 Å². The van der Waals surface area contributed by atoms with Gasteiger partial charge in [0.2, 0.25) is 11.8 Å². The Bertz CT molecular complexity index is 876. The van der Waals surface area contributed by atoms with E-state index in [0.717, 1.165) is 31.2 Å². The summed E-state index contributed by atoms with van der Waals surface area (Å²) in [7, 11) is 0. The quantitative estimate of drug-likeness (QED) is 0.645. The van der Waals surface area contributed by atoms with E-state index >= 15 is 0 Å². The van der Waals surface area contributed by atoms with Gasteiger partial charge in [0.05, 0.1) is 5.56 Å². The number of rotatable bonds is 8. The van der Waals surface area contributed by atoms with Crippen LogP contribution >= 0.6 is 0 Å². The van der Waals surface area contributed by atoms with Gasteiger partial charge in [-0.05, 0) is 43.5 Å². The van der Waals surface area contributed by atoms with Crippen LogP contribution < -0.4 is 10.6 Å². The van der Waals surface area contributed by atoms with Crippen LogP contribution in [0.25, 0.3) is 0 Å². The van der Waals surface area contributed by atoms with E-state index in [1.54, 1.807) is 24.3 Å². The minimum Gasteiger partial charge on any atom is -0.457 e. The zero-order valence-corrected chi connectivity index (χ0v) is 17.2. The van der Waals surface area contributed by atoms with Crippen LogP contribution in [0.15, 0.2) is 54.6 Å². The molecule has 1 aliphatic carbocycles. The average Bonchev–Trinajstić information content (AvgIpc) is 3.28. The van der Waals surface area contributed by atoms with Gasteiger partial charge in [-0.3, -0.25) is 9.59 Å². The van der Waals surface area contributed by atoms with Crippen molar-refractivity contribution in [2.24, 2.45) is 5.92 Å². The summed E-state index contributed by atoms with van der Waals surface area (Å²) in [4.78, 5) is 36.8. The van der Waals surface area contributed by atoms with Crippen LogP contribution in [-0.2, 0) is 20.9 Å². The van der Waals surface area contributed by atoms with E-state index in [1.165, 1.54) is 0 Å². The minimum absolute atomic E-state index is 0.0379. The maximum absolute atomic E-state index is 12.3. The molecule has 0 bridgehead atoms. The second-order valence-corrected chi connectivity index (χ2v) is 7.79. The smallest absolute Gasteiger partial charge is 0.338 e. The summed E-state index contributed by atoms with van der Waals surface area (Å²) in [5.41, 5.74) is 1.79. The number of carbonyl (C=O) groups is 3. The Balaban J connectivity index is 1.48. The third-order valence-electron chi connectivity index (χ3n) is 5.20. The van der Waals surface area contributed by atoms with E-state index in [2.05, 4.69) is 10.6 Å². The van der Waals surface area contributed by atoms with Gasteiger partial charge in [0.1, 0.15) is 6.61 Å². The Labute approximate surface area is 177 Å². The summed E-state index contributed by atoms with van der Waals surface area (Å²) in [5, 5.41) is 5.71. The number of ether oxygens (including phenoxy) is 1. The molecule has 1 atom stereocenters. The van der Waals surface area contributed by atoms with Gasteiger partial charge in [-0.25, -0.2) is 4.79 Å². The number of esters is 1. The average molecular weight is 408 g/mol. The molecule has 0 heterocycles. The van der Waals surface area contributed by atoms with Crippen LogP contribution in [0.5, 0.6) is 0 Å². The summed E-state index contributed by atoms with van der Waals surface area (Å²) in [6.45, 7) is 2.01. The highest BCUT2D eigenvalue weighted by molar-refractivity contribution is 5.95. The first-order valence-corrected chi connectivity index (χ1v) is 10.4. The number of benzene rings is 2. The highest BCUT2D eigenvalue weighted by Crippen LogP contribution is 2.24. The first-order chi connectivity index (χ1) is 14.5. The topological polar surface area (TPSA) is 84.5 Å². The summed E-state index contributed by atoms with van der Waals surface area (Å²) in [6.07, 6.45) is 4.21. The van der Waals surface area contributed by atoms with Gasteiger partial charge >= 0.3 is 5.97 Å². The standard InChI is InChI=1S/C24H28N2O4/c1-17(25-23(28)19-10-5-6-11-19)14-22(27)26-21-13-7-12-20(15-21)24(29)30-16-18-8-3-2-4-9-18/h2-4,7-9,12-13,15,17,19H,5-6,10-11,14,16H2,1H3,(H,25,28)(H,26,27). The van der Waals surface area contributed by atoms with Gasteiger partial charge in [0, 0.05) is 24.1 Å². The normalized spacial score (nSPS) is 14.7. The van der Waals surface area contributed by atoms with Crippen LogP contribution in [0, 0.1) is 5.92 Å². The van der Waals surface area contributed by atoms with Crippen LogP contribution in [-0.4, -0.2) is 23.8 Å². The molecule has 0 radical (unpaired) electrons. The lowest BCUT2D eigenvalue weighted by Gasteiger charge is -2.17. The summed E-state index contributed by atoms with van der Waals surface area (Å²) in [6, 6.07) is 15.8. The predicted molar refractivity (Wildman–Crippen MR) is 115 cm³/mol. The lowest BCUT2D eigenvalue weighted by atomic mass is 10.1. The van der Waals surface area contributed by atoms with E-state index in [4.69, 9.17) is 4.74 Å². The Morgan fingerprint density at radius 3 is 2.50 bits per heavy atom. The molecule has 6 nitrogen and oxygen atoms in total. The maximum atomic E-state index is 12.3. The number of anilines is 1. The van der Waals surface area contributed by atoms with Crippen molar-refractivity contribution in [2.45, 2.75) is 51.7 Å². The molecule has 0 saturated heterocycles. The molecular weight excluding hydrogens is 380 g/mol. The molecule has 30 heavy (non-hydrogen) atoms. The Hall–Kier alpha value is -3.15. The molecule has 0 spiro atoms. The van der Waals surface area contributed by atoms with Crippen molar-refractivity contribution in [1.82, 2.24) is 5.32 Å². The van der Waals surface area contributed by atoms with Crippen LogP contribution in [0.3, 0.4) is 0 Å². The molecule has 2 aromatic carbocycles. The molecular formula is C24H28N2O4. The number of nitrogens with one attached hydrogen (secondary N) is 2. The van der Waals surface area contributed by atoms with Gasteiger partial charge in [0.25, 0.3) is 0 Å². The molecule has 2 N–H and O–H groups in total. The predicted octanol–water partition coefficient (Wildman–Crippen LogP) is 4.07. The highest BCUT2D eigenvalue weighted by Gasteiger charge is 2.24. The number of hydrogen-bond acceptors (Lipinski definition) is 4. The SMILES string of the molecule is CC(CC(=O)Nc1cccc(C(=O)OCc2ccccc2)c1)NC(=O)C1CCCC1. The summed E-state index contributed by atoms with van der Waals surface area (Å²) in [5.74, 6) is -0.554. The van der Waals surface area contributed by atoms with Gasteiger partial charge in [0.15, 0.2) is 0 Å². The second-order valence-electron chi connectivity index (χ2n) is 7.79. The summed E-state index contributed by atoms with van der Waals surface area (Å²) < 4.78 is 5.33. The lowest BCUT2D eigenvalue weighted by Crippen LogP contribution is -2.38. The van der Waals surface area contributed by atoms with E-state index in [-0.39, 0.29) is 36.8 Å². The van der Waals surface area contributed by atoms with Crippen molar-refractivity contribution in [1.29, 1.82) is 0 Å². The number of carbonyl (C=O) groups excluding carboxylic acids is 3. The fraction of sp³-hybridized carbons (Fsp3) is 0.375. The summed E-state index contributed by atoms with van der Waals surface area (Å²) >= 11 is 0. The minimum atomic E-state index is -0.452. The third kappa shape index (κ3) is 6.44. The van der Waals surface area contributed by atoms with Crippen molar-refractivity contribution < 1.29 is 19.1 Å². The van der Waals surface area contributed by atoms with Gasteiger partial charge in [-0.1, -0.05) is 49.2 Å². The second kappa shape index (κ2) is 10.6. The van der Waals surface area contributed by atoms with Crippen LogP contribution in [0.4, 0.5) is 5.69 Å². The fourth-order valence-corrected chi connectivity index (χ4v) is 3.62. The van der Waals surface area contributed by atoms with Crippen LogP contribution in [0.1, 0.15) is 54.9 Å². The van der Waals surface area contributed by atoms with E-state index in [9.17, 15) is 14.4 Å². The van der Waals surface area contributed by atoms with Crippen molar-refractivity contribution in [2.75, 3.05) is 5.32 Å². The highest BCUT2D eigenvalue weighted by atomic mass is 16.5. The van der Waals surface area contributed by atoms with Gasteiger partial charge < -0.3 is 15.4 Å². The number of amides is 2. The molecule has 1 saturated carbocycles. The molecule has 2 aromatic rings. The molecule has 1 aliphatic rings. The van der Waals surface area contributed by atoms with Crippen molar-refractivity contribution in [3.8, 4) is 0 Å². The molecule has 0 aromatic heterocycles. The lowest BCUT2D eigenvalue weighted by molar-refractivity contribution is -0.125. The molecule has 2 amide bonds. The van der Waals surface area contributed by atoms with Crippen molar-refractivity contribution in [3.63, 3.8) is 0 Å². The Kier molecular flexibility index (Phi) is 7.60. The molecule has 1 unspecified atom stereocenters. The maximum Gasteiger partial charge on any atom is 0.338 e. The zero-order chi connectivity index (χ0) is 21.3. The molecule has 1 fully saturated rings. The van der Waals surface area contributed by atoms with Crippen LogP contribution in [0.2, 0.25) is 0 Å². The molecule has 158 valence electrons. The zero-order valence-electron chi connectivity index (χ0n) is 17.2. The molecule has 3 rings (SSSR count). The van der Waals surface area contributed by atoms with Gasteiger partial charge in [-0.15, -0.1) is 0 Å². The number of hydrogen-bond donors (Lipinski definition) is 2. The van der Waals surface area contributed by atoms with Gasteiger partial charge in [-0.2, -0.15) is 0 Å². The molecule has 6 heteroatoms. The molecule has 0 aliphatic heterocycles. The Morgan fingerprint density at radius 2 is 1.77 bits per heavy atom. The fourth-order valence-electron chi connectivity index (χ4n) is 3.62. The monoisotopic (exact) mass is 408 g/mol.